The predicted octanol–water partition coefficient (Wildman–Crippen LogP) is 4.89. The second-order valence-electron chi connectivity index (χ2n) is 6.63. The van der Waals surface area contributed by atoms with Gasteiger partial charge in [0, 0.05) is 46.5 Å². The van der Waals surface area contributed by atoms with Gasteiger partial charge >= 0.3 is 0 Å². The van der Waals surface area contributed by atoms with E-state index in [2.05, 4.69) is 5.32 Å². The van der Waals surface area contributed by atoms with Crippen LogP contribution >= 0.6 is 11.6 Å². The number of hydrogen-bond acceptors (Lipinski definition) is 5. The first-order valence-electron chi connectivity index (χ1n) is 8.58. The number of hydrogen-bond donors (Lipinski definition) is 1. The Balaban J connectivity index is 1.82. The molecule has 1 N–H and O–H groups in total. The van der Waals surface area contributed by atoms with Crippen molar-refractivity contribution in [2.24, 2.45) is 5.92 Å². The van der Waals surface area contributed by atoms with Crippen molar-refractivity contribution >= 4 is 23.0 Å². The maximum atomic E-state index is 11.3. The van der Waals surface area contributed by atoms with Gasteiger partial charge in [0.25, 0.3) is 5.69 Å². The van der Waals surface area contributed by atoms with E-state index < -0.39 is 0 Å². The highest BCUT2D eigenvalue weighted by molar-refractivity contribution is 6.30. The molecule has 0 aliphatic carbocycles. The van der Waals surface area contributed by atoms with Gasteiger partial charge in [0.05, 0.1) is 24.2 Å². The summed E-state index contributed by atoms with van der Waals surface area (Å²) in [7, 11) is 1.58. The minimum absolute atomic E-state index is 0.0535. The Labute approximate surface area is 156 Å². The summed E-state index contributed by atoms with van der Waals surface area (Å²) in [5.41, 5.74) is 2.82. The van der Waals surface area contributed by atoms with Crippen LogP contribution in [0.25, 0.3) is 0 Å². The Morgan fingerprint density at radius 2 is 2.12 bits per heavy atom. The Bertz CT molecular complexity index is 857. The maximum Gasteiger partial charge on any atom is 0.270 e. The van der Waals surface area contributed by atoms with Crippen LogP contribution in [0, 0.1) is 16.0 Å². The van der Waals surface area contributed by atoms with Crippen molar-refractivity contribution in [2.75, 3.05) is 19.0 Å². The SMILES string of the molecule is COc1ccc([N+](=O)[O-])cc1[C@@H]1Nc2ccc(Cl)cc2[C@@H]2OCCC[C@H]12. The van der Waals surface area contributed by atoms with Crippen LogP contribution in [0.4, 0.5) is 11.4 Å². The largest absolute Gasteiger partial charge is 0.496 e. The second-order valence-corrected chi connectivity index (χ2v) is 7.07. The van der Waals surface area contributed by atoms with Crippen LogP contribution in [0.1, 0.15) is 36.1 Å². The van der Waals surface area contributed by atoms with Gasteiger partial charge in [-0.3, -0.25) is 10.1 Å². The smallest absolute Gasteiger partial charge is 0.270 e. The van der Waals surface area contributed by atoms with E-state index in [1.807, 2.05) is 18.2 Å². The topological polar surface area (TPSA) is 73.6 Å². The summed E-state index contributed by atoms with van der Waals surface area (Å²) >= 11 is 6.19. The number of rotatable bonds is 3. The molecule has 2 aromatic carbocycles. The number of nitrogens with one attached hydrogen (secondary N) is 1. The quantitative estimate of drug-likeness (QED) is 0.611. The Morgan fingerprint density at radius 1 is 1.27 bits per heavy atom. The Kier molecular flexibility index (Phi) is 4.46. The molecule has 0 amide bonds. The summed E-state index contributed by atoms with van der Waals surface area (Å²) in [4.78, 5) is 10.9. The number of ether oxygens (including phenoxy) is 2. The molecule has 136 valence electrons. The van der Waals surface area contributed by atoms with Crippen molar-refractivity contribution in [3.05, 3.63) is 62.7 Å². The first-order valence-corrected chi connectivity index (χ1v) is 8.96. The van der Waals surface area contributed by atoms with E-state index in [0.29, 0.717) is 17.4 Å². The van der Waals surface area contributed by atoms with Gasteiger partial charge in [-0.05, 0) is 37.1 Å². The highest BCUT2D eigenvalue weighted by Crippen LogP contribution is 2.51. The minimum atomic E-state index is -0.381. The van der Waals surface area contributed by atoms with Gasteiger partial charge in [-0.2, -0.15) is 0 Å². The van der Waals surface area contributed by atoms with Crippen LogP contribution in [0.15, 0.2) is 36.4 Å². The molecular formula is C19H19ClN2O4. The molecule has 0 saturated carbocycles. The fraction of sp³-hybridized carbons (Fsp3) is 0.368. The van der Waals surface area contributed by atoms with Crippen molar-refractivity contribution < 1.29 is 14.4 Å². The summed E-state index contributed by atoms with van der Waals surface area (Å²) in [6.45, 7) is 0.700. The Hall–Kier alpha value is -2.31. The molecule has 1 fully saturated rings. The number of anilines is 1. The molecule has 0 aromatic heterocycles. The van der Waals surface area contributed by atoms with Gasteiger partial charge in [-0.15, -0.1) is 0 Å². The number of fused-ring (bicyclic) bond motifs is 3. The van der Waals surface area contributed by atoms with Crippen LogP contribution in [-0.2, 0) is 4.74 Å². The van der Waals surface area contributed by atoms with Gasteiger partial charge in [0.15, 0.2) is 0 Å². The molecule has 2 aromatic rings. The zero-order valence-electron chi connectivity index (χ0n) is 14.3. The van der Waals surface area contributed by atoms with Crippen LogP contribution in [0.5, 0.6) is 5.75 Å². The number of nitro benzene ring substituents is 1. The monoisotopic (exact) mass is 374 g/mol. The van der Waals surface area contributed by atoms with Gasteiger partial charge in [0.1, 0.15) is 5.75 Å². The molecule has 26 heavy (non-hydrogen) atoms. The second kappa shape index (κ2) is 6.78. The molecular weight excluding hydrogens is 356 g/mol. The zero-order valence-corrected chi connectivity index (χ0v) is 15.0. The Morgan fingerprint density at radius 3 is 2.88 bits per heavy atom. The summed E-state index contributed by atoms with van der Waals surface area (Å²) in [6, 6.07) is 10.3. The van der Waals surface area contributed by atoms with Gasteiger partial charge in [0.2, 0.25) is 0 Å². The summed E-state index contributed by atoms with van der Waals surface area (Å²) < 4.78 is 11.6. The van der Waals surface area contributed by atoms with E-state index in [1.165, 1.54) is 6.07 Å². The fourth-order valence-corrected chi connectivity index (χ4v) is 4.21. The average Bonchev–Trinajstić information content (AvgIpc) is 2.67. The van der Waals surface area contributed by atoms with Crippen molar-refractivity contribution in [1.82, 2.24) is 0 Å². The highest BCUT2D eigenvalue weighted by Gasteiger charge is 2.41. The van der Waals surface area contributed by atoms with Crippen molar-refractivity contribution in [1.29, 1.82) is 0 Å². The van der Waals surface area contributed by atoms with E-state index in [0.717, 1.165) is 29.7 Å². The normalized spacial score (nSPS) is 24.2. The molecule has 0 unspecified atom stereocenters. The number of halogens is 1. The van der Waals surface area contributed by atoms with Gasteiger partial charge < -0.3 is 14.8 Å². The third-order valence-corrected chi connectivity index (χ3v) is 5.42. The molecule has 0 spiro atoms. The number of non-ortho nitro benzene ring substituents is 1. The van der Waals surface area contributed by atoms with E-state index in [-0.39, 0.29) is 28.7 Å². The van der Waals surface area contributed by atoms with Crippen molar-refractivity contribution in [3.8, 4) is 5.75 Å². The standard InChI is InChI=1S/C19H19ClN2O4/c1-25-17-7-5-12(22(23)24)10-15(17)18-13-3-2-8-26-19(13)14-9-11(20)4-6-16(14)21-18/h4-7,9-10,13,18-19,21H,2-3,8H2,1H3/t13-,18-,19-/m1/s1. The lowest BCUT2D eigenvalue weighted by Crippen LogP contribution is -2.36. The third kappa shape index (κ3) is 2.89. The molecule has 7 heteroatoms. The van der Waals surface area contributed by atoms with Crippen molar-refractivity contribution in [2.45, 2.75) is 25.0 Å². The lowest BCUT2D eigenvalue weighted by molar-refractivity contribution is -0.385. The van der Waals surface area contributed by atoms with Crippen LogP contribution in [0.2, 0.25) is 5.02 Å². The van der Waals surface area contributed by atoms with Crippen LogP contribution in [0.3, 0.4) is 0 Å². The molecule has 2 aliphatic rings. The molecule has 6 nitrogen and oxygen atoms in total. The van der Waals surface area contributed by atoms with E-state index in [4.69, 9.17) is 21.1 Å². The molecule has 0 radical (unpaired) electrons. The zero-order chi connectivity index (χ0) is 18.3. The number of nitro groups is 1. The molecule has 3 atom stereocenters. The predicted molar refractivity (Wildman–Crippen MR) is 98.9 cm³/mol. The van der Waals surface area contributed by atoms with Gasteiger partial charge in [-0.1, -0.05) is 11.6 Å². The maximum absolute atomic E-state index is 11.3. The summed E-state index contributed by atoms with van der Waals surface area (Å²) in [5, 5.41) is 15.5. The van der Waals surface area contributed by atoms with Crippen molar-refractivity contribution in [3.63, 3.8) is 0 Å². The first kappa shape index (κ1) is 17.1. The number of nitrogens with zero attached hydrogens (tertiary/aromatic N) is 1. The summed E-state index contributed by atoms with van der Waals surface area (Å²) in [6.07, 6.45) is 1.82. The fourth-order valence-electron chi connectivity index (χ4n) is 4.03. The summed E-state index contributed by atoms with van der Waals surface area (Å²) in [5.74, 6) is 0.778. The lowest BCUT2D eigenvalue weighted by Gasteiger charge is -2.43. The van der Waals surface area contributed by atoms with E-state index >= 15 is 0 Å². The van der Waals surface area contributed by atoms with Crippen LogP contribution < -0.4 is 10.1 Å². The molecule has 2 heterocycles. The number of methoxy groups -OCH3 is 1. The number of benzene rings is 2. The van der Waals surface area contributed by atoms with E-state index in [1.54, 1.807) is 19.2 Å². The lowest BCUT2D eigenvalue weighted by atomic mass is 9.77. The average molecular weight is 375 g/mol. The molecule has 0 bridgehead atoms. The van der Waals surface area contributed by atoms with E-state index in [9.17, 15) is 10.1 Å². The first-order chi connectivity index (χ1) is 12.6. The van der Waals surface area contributed by atoms with Crippen LogP contribution in [-0.4, -0.2) is 18.6 Å². The molecule has 1 saturated heterocycles. The molecule has 4 rings (SSSR count). The minimum Gasteiger partial charge on any atom is -0.496 e. The third-order valence-electron chi connectivity index (χ3n) is 5.19. The van der Waals surface area contributed by atoms with Gasteiger partial charge in [-0.25, -0.2) is 0 Å². The molecule has 2 aliphatic heterocycles. The highest BCUT2D eigenvalue weighted by atomic mass is 35.5.